The number of hydrogen-bond acceptors (Lipinski definition) is 2. The Balaban J connectivity index is 2.23. The molecule has 0 saturated heterocycles. The molecule has 1 aromatic heterocycles. The van der Waals surface area contributed by atoms with E-state index >= 15 is 0 Å². The first kappa shape index (κ1) is 12.6. The summed E-state index contributed by atoms with van der Waals surface area (Å²) in [5.74, 6) is 2.16. The fourth-order valence-corrected chi connectivity index (χ4v) is 3.22. The lowest BCUT2D eigenvalue weighted by Gasteiger charge is -2.36. The third-order valence-electron chi connectivity index (χ3n) is 4.46. The topological polar surface area (TPSA) is 38.9 Å². The minimum atomic E-state index is 0.632. The van der Waals surface area contributed by atoms with E-state index in [0.717, 1.165) is 12.5 Å². The van der Waals surface area contributed by atoms with Crippen LogP contribution in [0, 0.1) is 18.8 Å². The van der Waals surface area contributed by atoms with Crippen LogP contribution >= 0.6 is 0 Å². The van der Waals surface area contributed by atoms with E-state index in [0.29, 0.717) is 11.8 Å². The molecule has 1 aromatic rings. The summed E-state index contributed by atoms with van der Waals surface area (Å²) in [4.78, 5) is 4.30. The Kier molecular flexibility index (Phi) is 4.16. The van der Waals surface area contributed by atoms with E-state index in [1.165, 1.54) is 36.8 Å². The largest absolute Gasteiger partial charge is 0.330 e. The van der Waals surface area contributed by atoms with Gasteiger partial charge in [0.1, 0.15) is 0 Å². The normalized spacial score (nSPS) is 29.2. The zero-order valence-electron chi connectivity index (χ0n) is 11.0. The van der Waals surface area contributed by atoms with Crippen molar-refractivity contribution in [2.24, 2.45) is 17.6 Å². The predicted molar refractivity (Wildman–Crippen MR) is 71.9 cm³/mol. The van der Waals surface area contributed by atoms with Crippen molar-refractivity contribution >= 4 is 0 Å². The molecule has 0 aliphatic heterocycles. The number of rotatable bonds is 3. The van der Waals surface area contributed by atoms with Crippen LogP contribution < -0.4 is 5.73 Å². The number of nitrogens with zero attached hydrogens (tertiary/aromatic N) is 1. The molecule has 94 valence electrons. The van der Waals surface area contributed by atoms with Crippen molar-refractivity contribution in [3.05, 3.63) is 29.6 Å². The zero-order valence-corrected chi connectivity index (χ0v) is 11.0. The van der Waals surface area contributed by atoms with Gasteiger partial charge in [0.05, 0.1) is 0 Å². The Hall–Kier alpha value is -0.890. The fourth-order valence-electron chi connectivity index (χ4n) is 3.22. The van der Waals surface area contributed by atoms with Gasteiger partial charge in [0.25, 0.3) is 0 Å². The van der Waals surface area contributed by atoms with E-state index in [1.54, 1.807) is 0 Å². The van der Waals surface area contributed by atoms with Crippen LogP contribution in [-0.2, 0) is 0 Å². The van der Waals surface area contributed by atoms with Crippen LogP contribution in [0.2, 0.25) is 0 Å². The SMILES string of the molecule is CCC1CCC(CN)C(c2cnccc2C)C1. The van der Waals surface area contributed by atoms with Crippen LogP contribution in [0.1, 0.15) is 49.7 Å². The molecular formula is C15H24N2. The lowest BCUT2D eigenvalue weighted by atomic mass is 9.70. The second-order valence-corrected chi connectivity index (χ2v) is 5.42. The van der Waals surface area contributed by atoms with Crippen molar-refractivity contribution < 1.29 is 0 Å². The maximum atomic E-state index is 5.95. The van der Waals surface area contributed by atoms with Crippen molar-refractivity contribution in [1.82, 2.24) is 4.98 Å². The van der Waals surface area contributed by atoms with Crippen LogP contribution in [0.15, 0.2) is 18.5 Å². The first-order valence-corrected chi connectivity index (χ1v) is 6.86. The zero-order chi connectivity index (χ0) is 12.3. The summed E-state index contributed by atoms with van der Waals surface area (Å²) in [6.45, 7) is 5.32. The molecule has 1 fully saturated rings. The summed E-state index contributed by atoms with van der Waals surface area (Å²) in [7, 11) is 0. The van der Waals surface area contributed by atoms with Crippen molar-refractivity contribution in [3.63, 3.8) is 0 Å². The van der Waals surface area contributed by atoms with Gasteiger partial charge in [-0.2, -0.15) is 0 Å². The highest BCUT2D eigenvalue weighted by Crippen LogP contribution is 2.41. The van der Waals surface area contributed by atoms with Gasteiger partial charge < -0.3 is 5.73 Å². The molecule has 0 aromatic carbocycles. The van der Waals surface area contributed by atoms with Crippen LogP contribution in [0.25, 0.3) is 0 Å². The third-order valence-corrected chi connectivity index (χ3v) is 4.46. The molecule has 2 rings (SSSR count). The summed E-state index contributed by atoms with van der Waals surface area (Å²) in [5.41, 5.74) is 8.75. The molecular weight excluding hydrogens is 208 g/mol. The first-order valence-electron chi connectivity index (χ1n) is 6.86. The van der Waals surface area contributed by atoms with Gasteiger partial charge in [-0.15, -0.1) is 0 Å². The summed E-state index contributed by atoms with van der Waals surface area (Å²) < 4.78 is 0. The Morgan fingerprint density at radius 2 is 2.24 bits per heavy atom. The molecule has 0 spiro atoms. The van der Waals surface area contributed by atoms with Gasteiger partial charge >= 0.3 is 0 Å². The Labute approximate surface area is 105 Å². The van der Waals surface area contributed by atoms with Crippen LogP contribution in [-0.4, -0.2) is 11.5 Å². The fraction of sp³-hybridized carbons (Fsp3) is 0.667. The number of nitrogens with two attached hydrogens (primary N) is 1. The molecule has 0 amide bonds. The van der Waals surface area contributed by atoms with Gasteiger partial charge in [0.15, 0.2) is 0 Å². The molecule has 17 heavy (non-hydrogen) atoms. The average Bonchev–Trinajstić information content (AvgIpc) is 2.38. The van der Waals surface area contributed by atoms with E-state index in [2.05, 4.69) is 31.1 Å². The van der Waals surface area contributed by atoms with Crippen molar-refractivity contribution in [3.8, 4) is 0 Å². The average molecular weight is 232 g/mol. The lowest BCUT2D eigenvalue weighted by molar-refractivity contribution is 0.235. The number of aromatic nitrogens is 1. The van der Waals surface area contributed by atoms with Crippen molar-refractivity contribution in [1.29, 1.82) is 0 Å². The lowest BCUT2D eigenvalue weighted by Crippen LogP contribution is -2.29. The molecule has 3 unspecified atom stereocenters. The number of hydrogen-bond donors (Lipinski definition) is 1. The molecule has 1 saturated carbocycles. The van der Waals surface area contributed by atoms with Gasteiger partial charge in [0, 0.05) is 12.4 Å². The Morgan fingerprint density at radius 1 is 1.41 bits per heavy atom. The smallest absolute Gasteiger partial charge is 0.0305 e. The number of aryl methyl sites for hydroxylation is 1. The molecule has 0 radical (unpaired) electrons. The number of pyridine rings is 1. The minimum Gasteiger partial charge on any atom is -0.330 e. The maximum absolute atomic E-state index is 5.95. The third kappa shape index (κ3) is 2.68. The molecule has 2 nitrogen and oxygen atoms in total. The van der Waals surface area contributed by atoms with E-state index in [9.17, 15) is 0 Å². The van der Waals surface area contributed by atoms with Gasteiger partial charge in [0.2, 0.25) is 0 Å². The van der Waals surface area contributed by atoms with E-state index in [4.69, 9.17) is 5.73 Å². The highest BCUT2D eigenvalue weighted by atomic mass is 14.6. The van der Waals surface area contributed by atoms with E-state index in [1.807, 2.05) is 6.20 Å². The summed E-state index contributed by atoms with van der Waals surface area (Å²) in [6, 6.07) is 2.12. The van der Waals surface area contributed by atoms with Crippen LogP contribution in [0.4, 0.5) is 0 Å². The molecule has 0 bridgehead atoms. The van der Waals surface area contributed by atoms with Gasteiger partial charge in [-0.05, 0) is 61.3 Å². The molecule has 1 aliphatic carbocycles. The monoisotopic (exact) mass is 232 g/mol. The van der Waals surface area contributed by atoms with Crippen molar-refractivity contribution in [2.45, 2.75) is 45.4 Å². The van der Waals surface area contributed by atoms with Gasteiger partial charge in [-0.1, -0.05) is 19.8 Å². The summed E-state index contributed by atoms with van der Waals surface area (Å²) in [6.07, 6.45) is 9.18. The van der Waals surface area contributed by atoms with Crippen LogP contribution in [0.5, 0.6) is 0 Å². The van der Waals surface area contributed by atoms with Crippen LogP contribution in [0.3, 0.4) is 0 Å². The quantitative estimate of drug-likeness (QED) is 0.868. The molecule has 2 heteroatoms. The molecule has 1 heterocycles. The highest BCUT2D eigenvalue weighted by Gasteiger charge is 2.30. The van der Waals surface area contributed by atoms with Gasteiger partial charge in [-0.25, -0.2) is 0 Å². The molecule has 3 atom stereocenters. The standard InChI is InChI=1S/C15H24N2/c1-3-12-4-5-13(9-16)14(8-12)15-10-17-7-6-11(15)2/h6-7,10,12-14H,3-5,8-9,16H2,1-2H3. The first-order chi connectivity index (χ1) is 8.26. The summed E-state index contributed by atoms with van der Waals surface area (Å²) in [5, 5.41) is 0. The Morgan fingerprint density at radius 3 is 2.88 bits per heavy atom. The molecule has 2 N–H and O–H groups in total. The highest BCUT2D eigenvalue weighted by molar-refractivity contribution is 5.27. The van der Waals surface area contributed by atoms with Gasteiger partial charge in [-0.3, -0.25) is 4.98 Å². The second kappa shape index (κ2) is 5.63. The van der Waals surface area contributed by atoms with E-state index < -0.39 is 0 Å². The van der Waals surface area contributed by atoms with Crippen molar-refractivity contribution in [2.75, 3.05) is 6.54 Å². The predicted octanol–water partition coefficient (Wildman–Crippen LogP) is 3.26. The van der Waals surface area contributed by atoms with E-state index in [-0.39, 0.29) is 0 Å². The summed E-state index contributed by atoms with van der Waals surface area (Å²) >= 11 is 0. The Bertz CT molecular complexity index is 362. The molecule has 1 aliphatic rings. The minimum absolute atomic E-state index is 0.632. The maximum Gasteiger partial charge on any atom is 0.0305 e. The second-order valence-electron chi connectivity index (χ2n) is 5.42.